The molecule has 3 amide bonds. The van der Waals surface area contributed by atoms with E-state index in [4.69, 9.17) is 66.7 Å². The lowest BCUT2D eigenvalue weighted by Gasteiger charge is -2.19. The highest BCUT2D eigenvalue weighted by atomic mass is 33.1. The summed E-state index contributed by atoms with van der Waals surface area (Å²) in [5.41, 5.74) is 19.5. The van der Waals surface area contributed by atoms with E-state index in [0.717, 1.165) is 0 Å². The van der Waals surface area contributed by atoms with Crippen LogP contribution in [0.1, 0.15) is 179 Å². The summed E-state index contributed by atoms with van der Waals surface area (Å²) >= 11 is 0. The molecule has 0 radical (unpaired) electrons. The van der Waals surface area contributed by atoms with Crippen molar-refractivity contribution in [3.05, 3.63) is 36.2 Å². The van der Waals surface area contributed by atoms with Crippen molar-refractivity contribution in [1.29, 1.82) is 0 Å². The predicted molar refractivity (Wildman–Crippen MR) is 455 cm³/mol. The zero-order chi connectivity index (χ0) is 94.8. The van der Waals surface area contributed by atoms with Gasteiger partial charge in [0.1, 0.15) is 89.7 Å². The molecule has 6 rings (SSSR count). The summed E-state index contributed by atoms with van der Waals surface area (Å²) in [6, 6.07) is -4.47. The smallest absolute Gasteiger partial charge is 0.481 e. The number of nitrogens with two attached hydrogens (primary N) is 3. The number of nitrogens with one attached hydrogen (secondary N) is 3. The molecule has 61 heteroatoms. The molecule has 2 saturated heterocycles. The first-order chi connectivity index (χ1) is 59.3. The largest absolute Gasteiger partial charge is 0.490 e. The van der Waals surface area contributed by atoms with Gasteiger partial charge < -0.3 is 122 Å². The number of nitrogen functional groups attached to an aromatic ring is 2. The van der Waals surface area contributed by atoms with E-state index in [9.17, 15) is 110 Å². The van der Waals surface area contributed by atoms with Gasteiger partial charge in [-0.05, 0) is 25.7 Å². The van der Waals surface area contributed by atoms with Gasteiger partial charge in [0.15, 0.2) is 5.78 Å². The lowest BCUT2D eigenvalue weighted by atomic mass is 10.0. The van der Waals surface area contributed by atoms with Crippen LogP contribution in [0.3, 0.4) is 0 Å². The van der Waals surface area contributed by atoms with Crippen LogP contribution < -0.4 is 33.2 Å². The average molecular weight is 2010 g/mol. The van der Waals surface area contributed by atoms with Crippen LogP contribution in [0.25, 0.3) is 22.1 Å². The molecule has 14 unspecified atom stereocenters. The lowest BCUT2D eigenvalue weighted by Crippen LogP contribution is -2.42. The summed E-state index contributed by atoms with van der Waals surface area (Å²) < 4.78 is 108. The number of fused-ring (bicyclic) bond motifs is 2. The first kappa shape index (κ1) is 113. The number of hydrogen-bond donors (Lipinski definition) is 20. The number of phosphoric ester groups is 2. The van der Waals surface area contributed by atoms with Crippen molar-refractivity contribution in [2.24, 2.45) is 5.73 Å². The third kappa shape index (κ3) is 42.7. The number of nitrogens with zero attached hydrogens (tertiary/aromatic N) is 6. The normalized spacial score (nSPS) is 19.0. The predicted octanol–water partition coefficient (Wildman–Crippen LogP) is 4.33. The maximum absolute atomic E-state index is 12.9. The molecular formula is C67H100N12O39P6S4. The van der Waals surface area contributed by atoms with E-state index in [-0.39, 0.29) is 142 Å². The van der Waals surface area contributed by atoms with Crippen molar-refractivity contribution in [2.45, 2.75) is 217 Å². The molecule has 0 aliphatic carbocycles. The molecule has 128 heavy (non-hydrogen) atoms. The number of aliphatic carboxylic acids is 4. The molecule has 0 spiro atoms. The highest BCUT2D eigenvalue weighted by molar-refractivity contribution is 8.77. The van der Waals surface area contributed by atoms with Crippen molar-refractivity contribution >= 4 is 189 Å². The van der Waals surface area contributed by atoms with Gasteiger partial charge in [-0.3, -0.25) is 52.2 Å². The quantitative estimate of drug-likeness (QED) is 0.0127. The molecule has 0 bridgehead atoms. The third-order valence-corrected chi connectivity index (χ3v) is 29.8. The van der Waals surface area contributed by atoms with E-state index in [1.54, 1.807) is 0 Å². The summed E-state index contributed by atoms with van der Waals surface area (Å²) in [5, 5.41) is 64.4. The van der Waals surface area contributed by atoms with E-state index in [0.29, 0.717) is 90.5 Å². The zero-order valence-electron chi connectivity index (χ0n) is 67.1. The van der Waals surface area contributed by atoms with Crippen LogP contribution in [0.15, 0.2) is 25.0 Å². The van der Waals surface area contributed by atoms with Crippen LogP contribution in [0.2, 0.25) is 0 Å². The summed E-state index contributed by atoms with van der Waals surface area (Å²) in [4.78, 5) is 219. The molecule has 4 aromatic heterocycles. The lowest BCUT2D eigenvalue weighted by molar-refractivity contribution is -0.147. The van der Waals surface area contributed by atoms with Gasteiger partial charge in [-0.25, -0.2) is 56.9 Å². The topological polar surface area (TPSA) is 823 Å². The summed E-state index contributed by atoms with van der Waals surface area (Å²) in [7, 11) is -28.2. The number of carboxylic acid groups (broad SMARTS) is 4. The van der Waals surface area contributed by atoms with Crippen LogP contribution in [0.4, 0.5) is 11.6 Å². The number of amides is 3. The first-order valence-electron chi connectivity index (χ1n) is 37.8. The number of unbranched alkanes of at least 4 members (excludes halogenated alkanes) is 6. The van der Waals surface area contributed by atoms with Gasteiger partial charge >= 0.3 is 70.8 Å². The van der Waals surface area contributed by atoms with Gasteiger partial charge in [-0.2, -0.15) is 17.2 Å². The maximum atomic E-state index is 12.9. The molecule has 2 aliphatic rings. The van der Waals surface area contributed by atoms with E-state index in [1.165, 1.54) is 84.3 Å². The van der Waals surface area contributed by atoms with Crippen molar-refractivity contribution in [3.63, 3.8) is 0 Å². The minimum Gasteiger partial charge on any atom is -0.481 e. The number of anilines is 2. The molecule has 0 saturated carbocycles. The van der Waals surface area contributed by atoms with Crippen LogP contribution >= 0.6 is 90.1 Å². The molecule has 2 fully saturated rings. The number of rotatable bonds is 57. The molecule has 2 aliphatic heterocycles. The van der Waals surface area contributed by atoms with Crippen molar-refractivity contribution in [1.82, 2.24) is 45.0 Å². The Morgan fingerprint density at radius 1 is 0.500 bits per heavy atom. The number of aromatic nitrogens is 6. The second kappa shape index (κ2) is 54.2. The first-order valence-corrected chi connectivity index (χ1v) is 51.9. The Labute approximate surface area is 745 Å². The number of phosphoric acid groups is 6. The molecule has 716 valence electrons. The van der Waals surface area contributed by atoms with E-state index in [1.807, 2.05) is 0 Å². The number of ketones is 4. The Hall–Kier alpha value is -7.05. The molecule has 23 N–H and O–H groups in total. The molecule has 51 nitrogen and oxygen atoms in total. The number of ether oxygens (including phenoxy) is 2. The fraction of sp³-hybridized carbons (Fsp3) is 0.597. The second-order valence-corrected chi connectivity index (χ2v) is 41.7. The molecular weight excluding hydrogens is 1910 g/mol. The van der Waals surface area contributed by atoms with Crippen molar-refractivity contribution < 1.29 is 186 Å². The third-order valence-electron chi connectivity index (χ3n) is 17.4. The number of hydrogen-bond acceptors (Lipinski definition) is 38. The van der Waals surface area contributed by atoms with Crippen molar-refractivity contribution in [3.8, 4) is 23.7 Å². The van der Waals surface area contributed by atoms with Crippen LogP contribution in [0, 0.1) is 23.7 Å². The highest BCUT2D eigenvalue weighted by Crippen LogP contribution is 2.68. The minimum atomic E-state index is -5.76. The molecule has 6 heterocycles. The molecule has 0 aromatic carbocycles. The summed E-state index contributed by atoms with van der Waals surface area (Å²) in [6.07, 6.45) is 2.33. The summed E-state index contributed by atoms with van der Waals surface area (Å²) in [6.45, 7) is -0.467. The zero-order valence-corrected chi connectivity index (χ0v) is 75.7. The minimum absolute atomic E-state index is 0. The Kier molecular flexibility index (Phi) is 48.0. The number of carbonyl (C=O) groups is 11. The standard InChI is InChI=1S/C34H49N6O20P3S2.C32H47N6O19P3S2.CH4/c1-20(41)38-24(25(43)10-4-2-3-5-11-28(45)39-23(34(48)49)14-30(46)47)18-65-64-13-12-22(42)9-7-6-8-21-16-40(33-31(21)32(35)36-19-37-33)29-15-26(44)27(58-29)17-57-62(53,54)60-63(55,56)59-61(50,51)52;33-21(23(40)9-3-1-2-4-10-26(42)37-22(32(45)46)13-28(43)44)17-62-61-12-11-20(39)8-6-5-7-19-15-38(31-29(19)30(34)35-18-36-31)27-14-24(41)25(55-27)16-54-59(50,51)57-60(52,53)56-58(47,48)49;/h16,19,23-24,26-27,29,44H,2-5,7,9-15,17-18H2,1H3,(H,38,41)(H,39,45)(H,46,47)(H,48,49)(H,53,54)(H,55,56)(H2,35,36,37)(H2,50,51,52);15,18,21-22,24-25,27,41H,1-4,6,8-14,16-17,33H2,(H,37,42)(H,43,44)(H,45,46)(H,50,51)(H,52,53)(H2,34,35,36)(H2,47,48,49);1H4. The van der Waals surface area contributed by atoms with Gasteiger partial charge in [0.05, 0.1) is 72.2 Å². The Balaban J connectivity index is 0.000000533. The van der Waals surface area contributed by atoms with Crippen LogP contribution in [0.5, 0.6) is 0 Å². The Bertz CT molecular complexity index is 4980. The van der Waals surface area contributed by atoms with Gasteiger partial charge in [0.2, 0.25) is 17.7 Å². The number of carbonyl (C=O) groups excluding carboxylic acids is 7. The number of carboxylic acids is 4. The van der Waals surface area contributed by atoms with E-state index >= 15 is 0 Å². The SMILES string of the molecule is C.CC(=O)NC(CSSCCC(=O)CCC#Cc1cn(C2CC(O)C(COP(=O)(O)OP(=O)(O)OP(=O)(O)O)O2)c2ncnc(N)c12)C(=O)CCCCCCC(=O)NC(CC(=O)O)C(=O)O.Nc1ncnc2c1c(C#CCCC(=O)CCSSCC(N)C(=O)CCCCCCC(=O)NC(CC(=O)O)C(=O)O)cn2C1CC(O)C(COP(=O)(O)OP(=O)(O)OP(=O)(O)O)O1. The van der Waals surface area contributed by atoms with Gasteiger partial charge in [0.25, 0.3) is 0 Å². The number of aliphatic hydroxyl groups is 2. The van der Waals surface area contributed by atoms with Gasteiger partial charge in [0, 0.05) is 119 Å². The van der Waals surface area contributed by atoms with Crippen molar-refractivity contribution in [2.75, 3.05) is 47.7 Å². The van der Waals surface area contributed by atoms with Crippen LogP contribution in [-0.4, -0.2) is 248 Å². The molecule has 4 aromatic rings. The number of Topliss-reactive ketones (excluding diaryl/α,β-unsaturated/α-hetero) is 4. The van der Waals surface area contributed by atoms with Gasteiger partial charge in [-0.1, -0.05) is 100.0 Å². The maximum Gasteiger partial charge on any atom is 0.490 e. The van der Waals surface area contributed by atoms with Gasteiger partial charge in [-0.15, -0.1) is 0 Å². The van der Waals surface area contributed by atoms with Crippen LogP contribution in [-0.2, 0) is 116 Å². The highest BCUT2D eigenvalue weighted by Gasteiger charge is 2.46. The second-order valence-electron chi connectivity index (χ2n) is 27.6. The fourth-order valence-corrected chi connectivity index (χ4v) is 22.0. The Morgan fingerprint density at radius 3 is 1.24 bits per heavy atom. The molecule has 14 atom stereocenters. The Morgan fingerprint density at radius 2 is 0.875 bits per heavy atom. The fourth-order valence-electron chi connectivity index (χ4n) is 11.6. The number of aliphatic hydroxyl groups excluding tert-OH is 2. The monoisotopic (exact) mass is 2010 g/mol. The van der Waals surface area contributed by atoms with E-state index in [2.05, 4.69) is 85.9 Å². The van der Waals surface area contributed by atoms with E-state index < -0.39 is 170 Å². The average Bonchev–Trinajstić information content (AvgIpc) is 1.62. The summed E-state index contributed by atoms with van der Waals surface area (Å²) in [5.74, 6) is 5.80.